The molecule has 2 amide bonds. The van der Waals surface area contributed by atoms with Gasteiger partial charge in [-0.3, -0.25) is 9.59 Å². The molecule has 9 heteroatoms. The highest BCUT2D eigenvalue weighted by Crippen LogP contribution is 2.52. The van der Waals surface area contributed by atoms with E-state index < -0.39 is 32.1 Å². The number of nitrogens with zero attached hydrogens (tertiary/aromatic N) is 1. The number of halogens is 2. The van der Waals surface area contributed by atoms with Gasteiger partial charge in [-0.05, 0) is 75.9 Å². The molecule has 4 atom stereocenters. The summed E-state index contributed by atoms with van der Waals surface area (Å²) >= 11 is 12.7. The van der Waals surface area contributed by atoms with Crippen LogP contribution in [0.1, 0.15) is 83.9 Å². The van der Waals surface area contributed by atoms with Gasteiger partial charge in [-0.2, -0.15) is 0 Å². The van der Waals surface area contributed by atoms with Crippen molar-refractivity contribution >= 4 is 44.9 Å². The Morgan fingerprint density at radius 3 is 2.26 bits per heavy atom. The van der Waals surface area contributed by atoms with E-state index in [4.69, 9.17) is 23.2 Å². The summed E-state index contributed by atoms with van der Waals surface area (Å²) in [6, 6.07) is 13.8. The fourth-order valence-electron chi connectivity index (χ4n) is 5.46. The van der Waals surface area contributed by atoms with Crippen molar-refractivity contribution in [2.75, 3.05) is 12.3 Å². The van der Waals surface area contributed by atoms with Crippen LogP contribution in [0.25, 0.3) is 0 Å². The van der Waals surface area contributed by atoms with Gasteiger partial charge >= 0.3 is 0 Å². The zero-order valence-electron chi connectivity index (χ0n) is 23.6. The summed E-state index contributed by atoms with van der Waals surface area (Å²) in [6.45, 7) is 11.1. The van der Waals surface area contributed by atoms with Gasteiger partial charge in [0.25, 0.3) is 0 Å². The molecule has 1 fully saturated rings. The Morgan fingerprint density at radius 1 is 1.08 bits per heavy atom. The van der Waals surface area contributed by atoms with Gasteiger partial charge in [0, 0.05) is 35.0 Å². The summed E-state index contributed by atoms with van der Waals surface area (Å²) in [5.74, 6) is -0.850. The van der Waals surface area contributed by atoms with Gasteiger partial charge in [0.15, 0.2) is 9.84 Å². The maximum Gasteiger partial charge on any atom is 0.229 e. The van der Waals surface area contributed by atoms with E-state index in [-0.39, 0.29) is 29.9 Å². The lowest BCUT2D eigenvalue weighted by Crippen LogP contribution is -2.58. The fraction of sp³-hybridized carbons (Fsp3) is 0.533. The number of piperidine rings is 1. The van der Waals surface area contributed by atoms with Gasteiger partial charge in [0.2, 0.25) is 11.8 Å². The van der Waals surface area contributed by atoms with Crippen LogP contribution < -0.4 is 5.32 Å². The molecule has 0 unspecified atom stereocenters. The summed E-state index contributed by atoms with van der Waals surface area (Å²) in [5.41, 5.74) is 0.730. The van der Waals surface area contributed by atoms with Gasteiger partial charge in [-0.25, -0.2) is 8.42 Å². The zero-order chi connectivity index (χ0) is 29.2. The highest BCUT2D eigenvalue weighted by Gasteiger charge is 2.53. The van der Waals surface area contributed by atoms with Crippen molar-refractivity contribution in [1.82, 2.24) is 10.2 Å². The molecule has 214 valence electrons. The normalized spacial score (nSPS) is 23.0. The van der Waals surface area contributed by atoms with Crippen molar-refractivity contribution in [3.63, 3.8) is 0 Å². The third-order valence-electron chi connectivity index (χ3n) is 7.72. The van der Waals surface area contributed by atoms with Crippen molar-refractivity contribution in [2.24, 2.45) is 5.41 Å². The number of amides is 2. The van der Waals surface area contributed by atoms with Crippen molar-refractivity contribution in [2.45, 2.75) is 83.6 Å². The molecule has 2 aromatic rings. The van der Waals surface area contributed by atoms with Gasteiger partial charge in [-0.15, -0.1) is 0 Å². The Hall–Kier alpha value is -2.09. The zero-order valence-corrected chi connectivity index (χ0v) is 26.0. The van der Waals surface area contributed by atoms with Crippen LogP contribution in [0, 0.1) is 5.41 Å². The second-order valence-corrected chi connectivity index (χ2v) is 15.4. The van der Waals surface area contributed by atoms with E-state index in [0.717, 1.165) is 11.1 Å². The van der Waals surface area contributed by atoms with Crippen LogP contribution in [0.2, 0.25) is 10.0 Å². The molecule has 0 aromatic heterocycles. The standard InChI is InChI=1S/C30H40Cl2N2O4S/c1-7-24(19-39(37,38)29(3,4)5)34-27(20-12-14-22(31)15-13-20)25(21-10-9-11-23(32)16-21)17-30(6,28(34)36)18-26(35)33-8-2/h9-16,24-25,27H,7-8,17-19H2,1-6H3,(H,33,35)/t24-,25+,27+,30+/m0/s1. The van der Waals surface area contributed by atoms with Crippen LogP contribution in [-0.2, 0) is 19.4 Å². The smallest absolute Gasteiger partial charge is 0.229 e. The molecule has 0 spiro atoms. The molecule has 1 aliphatic heterocycles. The van der Waals surface area contributed by atoms with Gasteiger partial charge in [0.05, 0.1) is 22.0 Å². The average Bonchev–Trinajstić information content (AvgIpc) is 2.84. The van der Waals surface area contributed by atoms with Crippen LogP contribution in [0.15, 0.2) is 48.5 Å². The van der Waals surface area contributed by atoms with Crippen LogP contribution in [0.3, 0.4) is 0 Å². The van der Waals surface area contributed by atoms with Crippen molar-refractivity contribution in [1.29, 1.82) is 0 Å². The quantitative estimate of drug-likeness (QED) is 0.355. The number of rotatable bonds is 9. The van der Waals surface area contributed by atoms with Gasteiger partial charge in [-0.1, -0.05) is 61.3 Å². The molecule has 1 heterocycles. The third kappa shape index (κ3) is 6.98. The molecular weight excluding hydrogens is 555 g/mol. The van der Waals surface area contributed by atoms with Gasteiger partial charge in [0.1, 0.15) is 0 Å². The van der Waals surface area contributed by atoms with E-state index in [1.54, 1.807) is 43.9 Å². The summed E-state index contributed by atoms with van der Waals surface area (Å²) in [6.07, 6.45) is 0.837. The monoisotopic (exact) mass is 594 g/mol. The second-order valence-electron chi connectivity index (χ2n) is 11.7. The lowest BCUT2D eigenvalue weighted by molar-refractivity contribution is -0.156. The summed E-state index contributed by atoms with van der Waals surface area (Å²) in [7, 11) is -3.57. The molecular formula is C30H40Cl2N2O4S. The second kappa shape index (κ2) is 12.2. The minimum atomic E-state index is -3.57. The molecule has 0 aliphatic carbocycles. The summed E-state index contributed by atoms with van der Waals surface area (Å²) < 4.78 is 25.9. The van der Waals surface area contributed by atoms with Crippen LogP contribution >= 0.6 is 23.2 Å². The molecule has 2 aromatic carbocycles. The van der Waals surface area contributed by atoms with E-state index in [1.807, 2.05) is 51.1 Å². The highest BCUT2D eigenvalue weighted by atomic mass is 35.5. The predicted octanol–water partition coefficient (Wildman–Crippen LogP) is 6.58. The molecule has 3 rings (SSSR count). The molecule has 0 bridgehead atoms. The lowest BCUT2D eigenvalue weighted by Gasteiger charge is -2.52. The van der Waals surface area contributed by atoms with E-state index in [0.29, 0.717) is 29.4 Å². The Balaban J connectivity index is 2.26. The molecule has 0 saturated carbocycles. The fourth-order valence-corrected chi connectivity index (χ4v) is 7.19. The minimum absolute atomic E-state index is 0.00301. The maximum absolute atomic E-state index is 14.5. The summed E-state index contributed by atoms with van der Waals surface area (Å²) in [5, 5.41) is 3.96. The highest BCUT2D eigenvalue weighted by molar-refractivity contribution is 7.92. The topological polar surface area (TPSA) is 83.6 Å². The van der Waals surface area contributed by atoms with Gasteiger partial charge < -0.3 is 10.2 Å². The first-order valence-electron chi connectivity index (χ1n) is 13.5. The Morgan fingerprint density at radius 2 is 1.72 bits per heavy atom. The number of hydrogen-bond donors (Lipinski definition) is 1. The van der Waals surface area contributed by atoms with Crippen molar-refractivity contribution in [3.8, 4) is 0 Å². The van der Waals surface area contributed by atoms with E-state index >= 15 is 0 Å². The number of benzene rings is 2. The number of likely N-dealkylation sites (tertiary alicyclic amines) is 1. The minimum Gasteiger partial charge on any atom is -0.356 e. The number of sulfone groups is 1. The third-order valence-corrected chi connectivity index (χ3v) is 10.9. The summed E-state index contributed by atoms with van der Waals surface area (Å²) in [4.78, 5) is 29.1. The number of carbonyl (C=O) groups is 2. The van der Waals surface area contributed by atoms with Crippen molar-refractivity contribution < 1.29 is 18.0 Å². The number of carbonyl (C=O) groups excluding carboxylic acids is 2. The lowest BCUT2D eigenvalue weighted by atomic mass is 9.67. The SMILES string of the molecule is CCNC(=O)C[C@@]1(C)C[C@H](c2cccc(Cl)c2)[C@@H](c2ccc(Cl)cc2)N([C@@H](CC)CS(=O)(=O)C(C)(C)C)C1=O. The predicted molar refractivity (Wildman–Crippen MR) is 159 cm³/mol. The molecule has 6 nitrogen and oxygen atoms in total. The Labute approximate surface area is 243 Å². The largest absolute Gasteiger partial charge is 0.356 e. The molecule has 39 heavy (non-hydrogen) atoms. The van der Waals surface area contributed by atoms with Crippen LogP contribution in [0.5, 0.6) is 0 Å². The molecule has 1 saturated heterocycles. The molecule has 1 aliphatic rings. The van der Waals surface area contributed by atoms with E-state index in [2.05, 4.69) is 5.32 Å². The molecule has 0 radical (unpaired) electrons. The number of nitrogens with one attached hydrogen (secondary N) is 1. The van der Waals surface area contributed by atoms with Crippen molar-refractivity contribution in [3.05, 3.63) is 69.7 Å². The first kappa shape index (κ1) is 31.4. The van der Waals surface area contributed by atoms with E-state index in [1.165, 1.54) is 0 Å². The van der Waals surface area contributed by atoms with E-state index in [9.17, 15) is 18.0 Å². The average molecular weight is 596 g/mol. The maximum atomic E-state index is 14.5. The molecule has 1 N–H and O–H groups in total. The number of hydrogen-bond acceptors (Lipinski definition) is 4. The van der Waals surface area contributed by atoms with Crippen LogP contribution in [0.4, 0.5) is 0 Å². The van der Waals surface area contributed by atoms with Crippen LogP contribution in [-0.4, -0.2) is 48.2 Å². The Bertz CT molecular complexity index is 1290. The first-order chi connectivity index (χ1) is 18.1. The Kier molecular flexibility index (Phi) is 9.83. The first-order valence-corrected chi connectivity index (χ1v) is 15.9.